The predicted octanol–water partition coefficient (Wildman–Crippen LogP) is 2.97. The van der Waals surface area contributed by atoms with Crippen molar-refractivity contribution in [2.75, 3.05) is 18.8 Å². The van der Waals surface area contributed by atoms with Gasteiger partial charge in [-0.1, -0.05) is 20.3 Å². The number of thioether (sulfide) groups is 1. The zero-order chi connectivity index (χ0) is 13.1. The van der Waals surface area contributed by atoms with Crippen LogP contribution in [-0.4, -0.2) is 41.1 Å². The Balaban J connectivity index is 1.90. The predicted molar refractivity (Wildman–Crippen MR) is 82.1 cm³/mol. The molecule has 1 aliphatic heterocycles. The molecule has 5 atom stereocenters. The van der Waals surface area contributed by atoms with Crippen molar-refractivity contribution in [3.8, 4) is 0 Å². The summed E-state index contributed by atoms with van der Waals surface area (Å²) in [5, 5.41) is 0.778. The molecule has 5 unspecified atom stereocenters. The normalized spacial score (nSPS) is 43.0. The molecule has 1 aliphatic carbocycles. The van der Waals surface area contributed by atoms with Gasteiger partial charge < -0.3 is 5.73 Å². The van der Waals surface area contributed by atoms with Crippen molar-refractivity contribution < 1.29 is 0 Å². The first kappa shape index (κ1) is 14.7. The van der Waals surface area contributed by atoms with E-state index < -0.39 is 0 Å². The quantitative estimate of drug-likeness (QED) is 0.855. The molecule has 0 aromatic carbocycles. The van der Waals surface area contributed by atoms with E-state index in [0.717, 1.165) is 23.1 Å². The van der Waals surface area contributed by atoms with Gasteiger partial charge in [-0.15, -0.1) is 0 Å². The van der Waals surface area contributed by atoms with Gasteiger partial charge in [0.05, 0.1) is 0 Å². The second kappa shape index (κ2) is 6.62. The number of hydrogen-bond acceptors (Lipinski definition) is 3. The van der Waals surface area contributed by atoms with E-state index in [-0.39, 0.29) is 0 Å². The summed E-state index contributed by atoms with van der Waals surface area (Å²) in [6, 6.07) is 1.17. The number of nitrogens with zero attached hydrogens (tertiary/aromatic N) is 1. The van der Waals surface area contributed by atoms with Crippen LogP contribution >= 0.6 is 11.8 Å². The van der Waals surface area contributed by atoms with Gasteiger partial charge in [0, 0.05) is 36.2 Å². The van der Waals surface area contributed by atoms with Gasteiger partial charge in [-0.3, -0.25) is 4.90 Å². The molecular formula is C15H30N2S. The van der Waals surface area contributed by atoms with Crippen molar-refractivity contribution >= 4 is 11.8 Å². The van der Waals surface area contributed by atoms with Crippen LogP contribution in [0, 0.1) is 11.8 Å². The Bertz CT molecular complexity index is 259. The van der Waals surface area contributed by atoms with E-state index in [9.17, 15) is 0 Å². The summed E-state index contributed by atoms with van der Waals surface area (Å²) in [5.74, 6) is 2.97. The van der Waals surface area contributed by atoms with Crippen LogP contribution in [0.4, 0.5) is 0 Å². The molecule has 3 heteroatoms. The van der Waals surface area contributed by atoms with Crippen molar-refractivity contribution in [1.29, 1.82) is 0 Å². The van der Waals surface area contributed by atoms with Crippen LogP contribution < -0.4 is 5.73 Å². The highest BCUT2D eigenvalue weighted by atomic mass is 32.2. The van der Waals surface area contributed by atoms with Crippen molar-refractivity contribution in [2.45, 2.75) is 63.8 Å². The van der Waals surface area contributed by atoms with Gasteiger partial charge in [0.15, 0.2) is 0 Å². The van der Waals surface area contributed by atoms with Gasteiger partial charge >= 0.3 is 0 Å². The van der Waals surface area contributed by atoms with Gasteiger partial charge in [-0.25, -0.2) is 0 Å². The third-order valence-electron chi connectivity index (χ3n) is 5.21. The molecule has 2 fully saturated rings. The number of rotatable bonds is 3. The van der Waals surface area contributed by atoms with Crippen LogP contribution in [0.15, 0.2) is 0 Å². The lowest BCUT2D eigenvalue weighted by molar-refractivity contribution is 0.128. The molecule has 2 nitrogen and oxygen atoms in total. The molecule has 2 rings (SSSR count). The van der Waals surface area contributed by atoms with Crippen molar-refractivity contribution in [3.05, 3.63) is 0 Å². The van der Waals surface area contributed by atoms with E-state index in [1.807, 2.05) is 0 Å². The lowest BCUT2D eigenvalue weighted by Gasteiger charge is -2.42. The SMILES string of the molecule is CCC1CCC(N)C(CN2CCSC(C)C2C)C1. The summed E-state index contributed by atoms with van der Waals surface area (Å²) in [6.07, 6.45) is 5.30. The Hall–Kier alpha value is 0.270. The standard InChI is InChI=1S/C15H30N2S/c1-4-13-5-6-15(16)14(9-13)10-17-7-8-18-12(3)11(17)2/h11-15H,4-10,16H2,1-3H3. The van der Waals surface area contributed by atoms with Crippen LogP contribution in [0.25, 0.3) is 0 Å². The second-order valence-electron chi connectivity index (χ2n) is 6.32. The first-order valence-electron chi connectivity index (χ1n) is 7.73. The fourth-order valence-corrected chi connectivity index (χ4v) is 4.68. The maximum Gasteiger partial charge on any atom is 0.0184 e. The van der Waals surface area contributed by atoms with Crippen LogP contribution in [0.5, 0.6) is 0 Å². The maximum absolute atomic E-state index is 6.36. The highest BCUT2D eigenvalue weighted by Gasteiger charge is 2.32. The third-order valence-corrected chi connectivity index (χ3v) is 6.55. The van der Waals surface area contributed by atoms with Gasteiger partial charge in [0.1, 0.15) is 0 Å². The Labute approximate surface area is 117 Å². The first-order chi connectivity index (χ1) is 8.61. The second-order valence-corrected chi connectivity index (χ2v) is 7.81. The molecule has 0 aromatic heterocycles. The molecule has 2 N–H and O–H groups in total. The fourth-order valence-electron chi connectivity index (χ4n) is 3.52. The largest absolute Gasteiger partial charge is 0.327 e. The van der Waals surface area contributed by atoms with E-state index in [1.54, 1.807) is 0 Å². The van der Waals surface area contributed by atoms with E-state index in [0.29, 0.717) is 6.04 Å². The summed E-state index contributed by atoms with van der Waals surface area (Å²) in [5.41, 5.74) is 6.36. The summed E-state index contributed by atoms with van der Waals surface area (Å²) >= 11 is 2.12. The minimum Gasteiger partial charge on any atom is -0.327 e. The highest BCUT2D eigenvalue weighted by molar-refractivity contribution is 8.00. The smallest absolute Gasteiger partial charge is 0.0184 e. The minimum atomic E-state index is 0.449. The lowest BCUT2D eigenvalue weighted by Crippen LogP contribution is -2.50. The summed E-state index contributed by atoms with van der Waals surface area (Å²) in [7, 11) is 0. The average molecular weight is 270 g/mol. The minimum absolute atomic E-state index is 0.449. The third kappa shape index (κ3) is 3.43. The van der Waals surface area contributed by atoms with E-state index in [1.165, 1.54) is 44.5 Å². The number of hydrogen-bond donors (Lipinski definition) is 1. The van der Waals surface area contributed by atoms with Gasteiger partial charge in [-0.2, -0.15) is 11.8 Å². The van der Waals surface area contributed by atoms with E-state index in [4.69, 9.17) is 5.73 Å². The molecular weight excluding hydrogens is 240 g/mol. The van der Waals surface area contributed by atoms with E-state index >= 15 is 0 Å². The first-order valence-corrected chi connectivity index (χ1v) is 8.78. The highest BCUT2D eigenvalue weighted by Crippen LogP contribution is 2.33. The maximum atomic E-state index is 6.36. The Morgan fingerprint density at radius 2 is 2.06 bits per heavy atom. The summed E-state index contributed by atoms with van der Waals surface area (Å²) in [4.78, 5) is 2.70. The molecule has 0 spiro atoms. The summed E-state index contributed by atoms with van der Waals surface area (Å²) in [6.45, 7) is 9.60. The summed E-state index contributed by atoms with van der Waals surface area (Å²) < 4.78 is 0. The van der Waals surface area contributed by atoms with E-state index in [2.05, 4.69) is 37.4 Å². The van der Waals surface area contributed by atoms with Crippen molar-refractivity contribution in [2.24, 2.45) is 17.6 Å². The van der Waals surface area contributed by atoms with Crippen molar-refractivity contribution in [3.63, 3.8) is 0 Å². The van der Waals surface area contributed by atoms with Gasteiger partial charge in [0.25, 0.3) is 0 Å². The lowest BCUT2D eigenvalue weighted by atomic mass is 9.77. The molecule has 1 saturated heterocycles. The fraction of sp³-hybridized carbons (Fsp3) is 1.00. The molecule has 0 radical (unpaired) electrons. The van der Waals surface area contributed by atoms with Gasteiger partial charge in [-0.05, 0) is 38.0 Å². The number of nitrogens with two attached hydrogens (primary N) is 1. The molecule has 2 aliphatic rings. The monoisotopic (exact) mass is 270 g/mol. The topological polar surface area (TPSA) is 29.3 Å². The Morgan fingerprint density at radius 1 is 1.28 bits per heavy atom. The molecule has 106 valence electrons. The molecule has 1 heterocycles. The van der Waals surface area contributed by atoms with Crippen LogP contribution in [0.1, 0.15) is 46.5 Å². The average Bonchev–Trinajstić information content (AvgIpc) is 2.37. The zero-order valence-corrected chi connectivity index (χ0v) is 13.1. The van der Waals surface area contributed by atoms with Crippen LogP contribution in [0.2, 0.25) is 0 Å². The molecule has 0 bridgehead atoms. The Morgan fingerprint density at radius 3 is 2.78 bits per heavy atom. The molecule has 1 saturated carbocycles. The van der Waals surface area contributed by atoms with Gasteiger partial charge in [0.2, 0.25) is 0 Å². The molecule has 18 heavy (non-hydrogen) atoms. The van der Waals surface area contributed by atoms with Crippen LogP contribution in [-0.2, 0) is 0 Å². The zero-order valence-electron chi connectivity index (χ0n) is 12.3. The van der Waals surface area contributed by atoms with Crippen LogP contribution in [0.3, 0.4) is 0 Å². The molecule has 0 amide bonds. The Kier molecular flexibility index (Phi) is 5.40. The molecule has 0 aromatic rings. The van der Waals surface area contributed by atoms with Crippen molar-refractivity contribution in [1.82, 2.24) is 4.90 Å².